The van der Waals surface area contributed by atoms with Gasteiger partial charge in [0, 0.05) is 19.0 Å². The number of urea groups is 1. The Bertz CT molecular complexity index is 615. The maximum Gasteiger partial charge on any atom is 0.335 e. The van der Waals surface area contributed by atoms with Crippen LogP contribution in [0.15, 0.2) is 18.3 Å². The molecule has 2 amide bonds. The average Bonchev–Trinajstić information content (AvgIpc) is 2.40. The van der Waals surface area contributed by atoms with E-state index < -0.39 is 21.8 Å². The number of hydrogen-bond donors (Lipinski definition) is 3. The fraction of sp³-hybridized carbons (Fsp3) is 0.417. The van der Waals surface area contributed by atoms with Crippen LogP contribution in [0.25, 0.3) is 0 Å². The smallest absolute Gasteiger partial charge is 0.335 e. The molecule has 1 aromatic rings. The molecule has 21 heavy (non-hydrogen) atoms. The summed E-state index contributed by atoms with van der Waals surface area (Å²) in [6, 6.07) is 2.26. The first-order valence-electron chi connectivity index (χ1n) is 6.15. The molecule has 116 valence electrons. The number of sulfone groups is 1. The van der Waals surface area contributed by atoms with E-state index in [-0.39, 0.29) is 24.4 Å². The molecule has 1 aromatic heterocycles. The normalized spacial score (nSPS) is 10.9. The minimum absolute atomic E-state index is 0.00942. The summed E-state index contributed by atoms with van der Waals surface area (Å²) in [5.41, 5.74) is 0.511. The Hall–Kier alpha value is -2.16. The minimum atomic E-state index is -3.03. The number of aromatic nitrogens is 1. The number of nitrogens with zero attached hydrogens (tertiary/aromatic N) is 1. The summed E-state index contributed by atoms with van der Waals surface area (Å²) < 4.78 is 21.8. The molecular formula is C12H17N3O5S. The van der Waals surface area contributed by atoms with Gasteiger partial charge in [0.25, 0.3) is 0 Å². The Kier molecular flexibility index (Phi) is 6.10. The molecule has 0 bridgehead atoms. The van der Waals surface area contributed by atoms with Gasteiger partial charge in [0.05, 0.1) is 23.6 Å². The first-order chi connectivity index (χ1) is 9.78. The molecule has 0 atom stereocenters. The minimum Gasteiger partial charge on any atom is -0.478 e. The second kappa shape index (κ2) is 7.58. The summed E-state index contributed by atoms with van der Waals surface area (Å²) in [6.45, 7) is 0.320. The Labute approximate surface area is 122 Å². The second-order valence-electron chi connectivity index (χ2n) is 4.43. The summed E-state index contributed by atoms with van der Waals surface area (Å²) >= 11 is 0. The van der Waals surface area contributed by atoms with Crippen molar-refractivity contribution < 1.29 is 23.1 Å². The summed E-state index contributed by atoms with van der Waals surface area (Å²) in [6.07, 6.45) is 2.82. The molecular weight excluding hydrogens is 298 g/mol. The first-order valence-corrected chi connectivity index (χ1v) is 8.21. The molecule has 0 saturated carbocycles. The van der Waals surface area contributed by atoms with E-state index in [0.29, 0.717) is 12.1 Å². The second-order valence-corrected chi connectivity index (χ2v) is 6.69. The van der Waals surface area contributed by atoms with Gasteiger partial charge in [-0.2, -0.15) is 0 Å². The van der Waals surface area contributed by atoms with Crippen molar-refractivity contribution in [3.63, 3.8) is 0 Å². The Morgan fingerprint density at radius 1 is 1.33 bits per heavy atom. The maximum atomic E-state index is 11.4. The largest absolute Gasteiger partial charge is 0.478 e. The van der Waals surface area contributed by atoms with Crippen LogP contribution in [0.3, 0.4) is 0 Å². The zero-order valence-corrected chi connectivity index (χ0v) is 12.3. The lowest BCUT2D eigenvalue weighted by Crippen LogP contribution is -2.36. The molecule has 0 aliphatic carbocycles. The number of hydrogen-bond acceptors (Lipinski definition) is 5. The van der Waals surface area contributed by atoms with E-state index in [0.717, 1.165) is 6.26 Å². The lowest BCUT2D eigenvalue weighted by Gasteiger charge is -2.07. The van der Waals surface area contributed by atoms with Crippen molar-refractivity contribution in [2.75, 3.05) is 18.6 Å². The number of carboxylic acid groups (broad SMARTS) is 1. The molecule has 1 rings (SSSR count). The van der Waals surface area contributed by atoms with Gasteiger partial charge in [0.2, 0.25) is 0 Å². The molecule has 0 saturated heterocycles. The summed E-state index contributed by atoms with van der Waals surface area (Å²) in [5.74, 6) is -1.06. The quantitative estimate of drug-likeness (QED) is 0.609. The van der Waals surface area contributed by atoms with Gasteiger partial charge in [0.1, 0.15) is 9.84 Å². The lowest BCUT2D eigenvalue weighted by atomic mass is 10.2. The molecule has 0 radical (unpaired) electrons. The number of rotatable bonds is 7. The number of aromatic carboxylic acids is 1. The van der Waals surface area contributed by atoms with Crippen molar-refractivity contribution in [3.05, 3.63) is 29.6 Å². The van der Waals surface area contributed by atoms with Crippen molar-refractivity contribution in [1.29, 1.82) is 0 Å². The summed E-state index contributed by atoms with van der Waals surface area (Å²) in [4.78, 5) is 26.2. The third-order valence-corrected chi connectivity index (χ3v) is 3.50. The molecule has 8 nitrogen and oxygen atoms in total. The Morgan fingerprint density at radius 3 is 2.67 bits per heavy atom. The summed E-state index contributed by atoms with van der Waals surface area (Å²) in [5, 5.41) is 13.8. The lowest BCUT2D eigenvalue weighted by molar-refractivity contribution is 0.0696. The van der Waals surface area contributed by atoms with E-state index in [2.05, 4.69) is 15.6 Å². The first kappa shape index (κ1) is 16.9. The van der Waals surface area contributed by atoms with E-state index in [1.807, 2.05) is 0 Å². The number of pyridine rings is 1. The molecule has 0 fully saturated rings. The van der Waals surface area contributed by atoms with Gasteiger partial charge < -0.3 is 15.7 Å². The number of amides is 2. The SMILES string of the molecule is CS(=O)(=O)CCCNC(=O)NCc1cc(C(=O)O)ccn1. The molecule has 0 aromatic carbocycles. The molecule has 0 aliphatic heterocycles. The van der Waals surface area contributed by atoms with Crippen LogP contribution in [-0.4, -0.2) is 49.1 Å². The topological polar surface area (TPSA) is 125 Å². The monoisotopic (exact) mass is 315 g/mol. The highest BCUT2D eigenvalue weighted by atomic mass is 32.2. The number of carboxylic acids is 1. The fourth-order valence-electron chi connectivity index (χ4n) is 1.48. The van der Waals surface area contributed by atoms with Crippen LogP contribution in [0, 0.1) is 0 Å². The number of carbonyl (C=O) groups excluding carboxylic acids is 1. The predicted molar refractivity (Wildman–Crippen MR) is 75.8 cm³/mol. The molecule has 3 N–H and O–H groups in total. The van der Waals surface area contributed by atoms with Crippen LogP contribution >= 0.6 is 0 Å². The van der Waals surface area contributed by atoms with Crippen molar-refractivity contribution in [1.82, 2.24) is 15.6 Å². The highest BCUT2D eigenvalue weighted by Gasteiger charge is 2.06. The van der Waals surface area contributed by atoms with Crippen LogP contribution in [0.2, 0.25) is 0 Å². The van der Waals surface area contributed by atoms with Crippen molar-refractivity contribution in [3.8, 4) is 0 Å². The molecule has 0 spiro atoms. The molecule has 9 heteroatoms. The van der Waals surface area contributed by atoms with Gasteiger partial charge in [-0.15, -0.1) is 0 Å². The highest BCUT2D eigenvalue weighted by molar-refractivity contribution is 7.90. The maximum absolute atomic E-state index is 11.4. The van der Waals surface area contributed by atoms with Crippen molar-refractivity contribution in [2.45, 2.75) is 13.0 Å². The molecule has 1 heterocycles. The average molecular weight is 315 g/mol. The van der Waals surface area contributed by atoms with Gasteiger partial charge >= 0.3 is 12.0 Å². The van der Waals surface area contributed by atoms with Gasteiger partial charge in [-0.25, -0.2) is 18.0 Å². The third kappa shape index (κ3) is 7.25. The standard InChI is InChI=1S/C12H17N3O5S/c1-21(19,20)6-2-4-14-12(18)15-8-10-7-9(11(16)17)3-5-13-10/h3,5,7H,2,4,6,8H2,1H3,(H,16,17)(H2,14,15,18). The molecule has 0 unspecified atom stereocenters. The van der Waals surface area contributed by atoms with Gasteiger partial charge in [-0.3, -0.25) is 4.98 Å². The van der Waals surface area contributed by atoms with E-state index in [4.69, 9.17) is 5.11 Å². The van der Waals surface area contributed by atoms with E-state index >= 15 is 0 Å². The highest BCUT2D eigenvalue weighted by Crippen LogP contribution is 2.01. The molecule has 0 aliphatic rings. The van der Waals surface area contributed by atoms with Crippen LogP contribution in [0.5, 0.6) is 0 Å². The predicted octanol–water partition coefficient (Wildman–Crippen LogP) is 0.0137. The number of nitrogens with one attached hydrogen (secondary N) is 2. The van der Waals surface area contributed by atoms with Gasteiger partial charge in [-0.05, 0) is 18.6 Å². The van der Waals surface area contributed by atoms with Gasteiger partial charge in [-0.1, -0.05) is 0 Å². The van der Waals surface area contributed by atoms with E-state index in [1.165, 1.54) is 18.3 Å². The van der Waals surface area contributed by atoms with Crippen LogP contribution in [-0.2, 0) is 16.4 Å². The van der Waals surface area contributed by atoms with E-state index in [9.17, 15) is 18.0 Å². The van der Waals surface area contributed by atoms with Crippen molar-refractivity contribution in [2.24, 2.45) is 0 Å². The Morgan fingerprint density at radius 2 is 2.05 bits per heavy atom. The third-order valence-electron chi connectivity index (χ3n) is 2.47. The van der Waals surface area contributed by atoms with Crippen molar-refractivity contribution >= 4 is 21.8 Å². The van der Waals surface area contributed by atoms with Gasteiger partial charge in [0.15, 0.2) is 0 Å². The fourth-order valence-corrected chi connectivity index (χ4v) is 2.15. The van der Waals surface area contributed by atoms with Crippen LogP contribution in [0.4, 0.5) is 4.79 Å². The Balaban J connectivity index is 2.33. The summed E-state index contributed by atoms with van der Waals surface area (Å²) in [7, 11) is -3.03. The zero-order chi connectivity index (χ0) is 15.9. The number of carbonyl (C=O) groups is 2. The van der Waals surface area contributed by atoms with Crippen LogP contribution < -0.4 is 10.6 Å². The zero-order valence-electron chi connectivity index (χ0n) is 11.5. The van der Waals surface area contributed by atoms with Crippen LogP contribution in [0.1, 0.15) is 22.5 Å². The van der Waals surface area contributed by atoms with E-state index in [1.54, 1.807) is 0 Å².